The summed E-state index contributed by atoms with van der Waals surface area (Å²) < 4.78 is 0. The molecular formula is C18H19N5O. The second-order valence-electron chi connectivity index (χ2n) is 5.67. The molecule has 3 aromatic heterocycles. The number of pyridine rings is 2. The number of likely N-dealkylation sites (N-methyl/N-ethyl adjacent to an activating group) is 1. The zero-order valence-corrected chi connectivity index (χ0v) is 13.7. The summed E-state index contributed by atoms with van der Waals surface area (Å²) in [5.74, 6) is -0.104. The van der Waals surface area contributed by atoms with E-state index in [4.69, 9.17) is 0 Å². The SMILES string of the molecule is C[C@@H](Cc1ccccn1)N(C)C(=O)c1cc(-c2ccccn2)n[nH]1. The molecule has 0 fully saturated rings. The molecule has 0 spiro atoms. The summed E-state index contributed by atoms with van der Waals surface area (Å²) in [4.78, 5) is 22.9. The zero-order valence-electron chi connectivity index (χ0n) is 13.7. The highest BCUT2D eigenvalue weighted by Gasteiger charge is 2.20. The monoisotopic (exact) mass is 321 g/mol. The smallest absolute Gasteiger partial charge is 0.271 e. The summed E-state index contributed by atoms with van der Waals surface area (Å²) >= 11 is 0. The molecule has 0 aliphatic heterocycles. The summed E-state index contributed by atoms with van der Waals surface area (Å²) in [5, 5.41) is 6.99. The summed E-state index contributed by atoms with van der Waals surface area (Å²) in [7, 11) is 1.79. The predicted octanol–water partition coefficient (Wildman–Crippen LogP) is 2.57. The Kier molecular flexibility index (Phi) is 4.65. The molecule has 6 heteroatoms. The van der Waals surface area contributed by atoms with Crippen LogP contribution in [0.2, 0.25) is 0 Å². The molecule has 1 atom stereocenters. The van der Waals surface area contributed by atoms with E-state index < -0.39 is 0 Å². The zero-order chi connectivity index (χ0) is 16.9. The molecule has 3 heterocycles. The summed E-state index contributed by atoms with van der Waals surface area (Å²) in [6, 6.07) is 13.1. The largest absolute Gasteiger partial charge is 0.337 e. The fraction of sp³-hybridized carbons (Fsp3) is 0.222. The van der Waals surface area contributed by atoms with E-state index in [-0.39, 0.29) is 11.9 Å². The first-order valence-corrected chi connectivity index (χ1v) is 7.79. The third-order valence-corrected chi connectivity index (χ3v) is 3.95. The van der Waals surface area contributed by atoms with Gasteiger partial charge in [0.05, 0.1) is 5.69 Å². The summed E-state index contributed by atoms with van der Waals surface area (Å²) in [5.41, 5.74) is 2.80. The fourth-order valence-corrected chi connectivity index (χ4v) is 2.43. The molecule has 0 aromatic carbocycles. The first kappa shape index (κ1) is 15.9. The third kappa shape index (κ3) is 3.48. The van der Waals surface area contributed by atoms with Gasteiger partial charge in [-0.1, -0.05) is 12.1 Å². The lowest BCUT2D eigenvalue weighted by Gasteiger charge is -2.24. The number of nitrogens with zero attached hydrogens (tertiary/aromatic N) is 4. The van der Waals surface area contributed by atoms with E-state index in [1.165, 1.54) is 0 Å². The Morgan fingerprint density at radius 3 is 2.54 bits per heavy atom. The van der Waals surface area contributed by atoms with Crippen LogP contribution in [-0.4, -0.2) is 44.1 Å². The number of aromatic amines is 1. The molecule has 122 valence electrons. The molecule has 0 bridgehead atoms. The van der Waals surface area contributed by atoms with E-state index in [0.717, 1.165) is 11.4 Å². The number of hydrogen-bond donors (Lipinski definition) is 1. The molecule has 0 unspecified atom stereocenters. The van der Waals surface area contributed by atoms with Gasteiger partial charge in [0, 0.05) is 37.6 Å². The normalized spacial score (nSPS) is 11.9. The first-order valence-electron chi connectivity index (χ1n) is 7.79. The van der Waals surface area contributed by atoms with Crippen molar-refractivity contribution in [3.05, 3.63) is 66.2 Å². The Bertz CT molecular complexity index is 801. The maximum atomic E-state index is 12.6. The van der Waals surface area contributed by atoms with Crippen molar-refractivity contribution in [1.82, 2.24) is 25.1 Å². The second kappa shape index (κ2) is 7.04. The van der Waals surface area contributed by atoms with Crippen molar-refractivity contribution >= 4 is 5.91 Å². The van der Waals surface area contributed by atoms with Crippen molar-refractivity contribution in [3.63, 3.8) is 0 Å². The Labute approximate surface area is 140 Å². The molecule has 0 saturated heterocycles. The highest BCUT2D eigenvalue weighted by Crippen LogP contribution is 2.16. The van der Waals surface area contributed by atoms with Crippen molar-refractivity contribution in [2.75, 3.05) is 7.05 Å². The Morgan fingerprint density at radius 1 is 1.12 bits per heavy atom. The molecule has 6 nitrogen and oxygen atoms in total. The van der Waals surface area contributed by atoms with Crippen LogP contribution in [0.15, 0.2) is 54.9 Å². The Morgan fingerprint density at radius 2 is 1.88 bits per heavy atom. The number of amides is 1. The van der Waals surface area contributed by atoms with Gasteiger partial charge in [-0.15, -0.1) is 0 Å². The quantitative estimate of drug-likeness (QED) is 0.784. The highest BCUT2D eigenvalue weighted by molar-refractivity contribution is 5.93. The van der Waals surface area contributed by atoms with E-state index in [0.29, 0.717) is 17.8 Å². The highest BCUT2D eigenvalue weighted by atomic mass is 16.2. The van der Waals surface area contributed by atoms with Gasteiger partial charge in [0.1, 0.15) is 11.4 Å². The molecule has 0 aliphatic rings. The number of carbonyl (C=O) groups excluding carboxylic acids is 1. The van der Waals surface area contributed by atoms with Crippen LogP contribution in [0.4, 0.5) is 0 Å². The van der Waals surface area contributed by atoms with E-state index in [1.54, 1.807) is 30.4 Å². The van der Waals surface area contributed by atoms with Crippen molar-refractivity contribution in [2.24, 2.45) is 0 Å². The van der Waals surface area contributed by atoms with Gasteiger partial charge in [0.25, 0.3) is 5.91 Å². The van der Waals surface area contributed by atoms with Crippen LogP contribution in [0, 0.1) is 0 Å². The van der Waals surface area contributed by atoms with Crippen LogP contribution >= 0.6 is 0 Å². The molecule has 0 saturated carbocycles. The second-order valence-corrected chi connectivity index (χ2v) is 5.67. The molecule has 3 rings (SSSR count). The van der Waals surface area contributed by atoms with Crippen LogP contribution in [0.3, 0.4) is 0 Å². The topological polar surface area (TPSA) is 74.8 Å². The minimum atomic E-state index is -0.104. The summed E-state index contributed by atoms with van der Waals surface area (Å²) in [6.07, 6.45) is 4.16. The van der Waals surface area contributed by atoms with Crippen LogP contribution < -0.4 is 0 Å². The van der Waals surface area contributed by atoms with Crippen molar-refractivity contribution in [3.8, 4) is 11.4 Å². The van der Waals surface area contributed by atoms with Gasteiger partial charge < -0.3 is 4.90 Å². The number of carbonyl (C=O) groups is 1. The average molecular weight is 321 g/mol. The lowest BCUT2D eigenvalue weighted by molar-refractivity contribution is 0.0737. The van der Waals surface area contributed by atoms with Crippen molar-refractivity contribution in [2.45, 2.75) is 19.4 Å². The standard InChI is InChI=1S/C18H19N5O/c1-13(11-14-7-3-5-9-19-14)23(2)18(24)17-12-16(21-22-17)15-8-4-6-10-20-15/h3-10,12-13H,11H2,1-2H3,(H,21,22)/t13-/m0/s1. The molecule has 0 aliphatic carbocycles. The van der Waals surface area contributed by atoms with Gasteiger partial charge in [0.15, 0.2) is 0 Å². The molecular weight excluding hydrogens is 302 g/mol. The maximum Gasteiger partial charge on any atom is 0.271 e. The van der Waals surface area contributed by atoms with E-state index >= 15 is 0 Å². The number of H-pyrrole nitrogens is 1. The van der Waals surface area contributed by atoms with Crippen molar-refractivity contribution in [1.29, 1.82) is 0 Å². The Balaban J connectivity index is 1.71. The minimum absolute atomic E-state index is 0.0222. The molecule has 3 aromatic rings. The van der Waals surface area contributed by atoms with Gasteiger partial charge in [-0.3, -0.25) is 19.9 Å². The molecule has 1 amide bonds. The molecule has 24 heavy (non-hydrogen) atoms. The lowest BCUT2D eigenvalue weighted by Crippen LogP contribution is -2.36. The van der Waals surface area contributed by atoms with Gasteiger partial charge in [-0.25, -0.2) is 0 Å². The van der Waals surface area contributed by atoms with Gasteiger partial charge in [0.2, 0.25) is 0 Å². The fourth-order valence-electron chi connectivity index (χ4n) is 2.43. The first-order chi connectivity index (χ1) is 11.6. The van der Waals surface area contributed by atoms with E-state index in [9.17, 15) is 4.79 Å². The van der Waals surface area contributed by atoms with Crippen molar-refractivity contribution < 1.29 is 4.79 Å². The number of aromatic nitrogens is 4. The predicted molar refractivity (Wildman–Crippen MR) is 91.3 cm³/mol. The molecule has 0 radical (unpaired) electrons. The van der Waals surface area contributed by atoms with Crippen LogP contribution in [-0.2, 0) is 6.42 Å². The number of rotatable bonds is 5. The van der Waals surface area contributed by atoms with Gasteiger partial charge >= 0.3 is 0 Å². The van der Waals surface area contributed by atoms with Crippen LogP contribution in [0.1, 0.15) is 23.1 Å². The van der Waals surface area contributed by atoms with E-state index in [1.807, 2.05) is 43.3 Å². The minimum Gasteiger partial charge on any atom is -0.337 e. The average Bonchev–Trinajstić information content (AvgIpc) is 3.12. The maximum absolute atomic E-state index is 12.6. The Hall–Kier alpha value is -3.02. The molecule has 1 N–H and O–H groups in total. The van der Waals surface area contributed by atoms with Gasteiger partial charge in [-0.05, 0) is 37.3 Å². The number of nitrogens with one attached hydrogen (secondary N) is 1. The number of hydrogen-bond acceptors (Lipinski definition) is 4. The van der Waals surface area contributed by atoms with Gasteiger partial charge in [-0.2, -0.15) is 5.10 Å². The van der Waals surface area contributed by atoms with Crippen LogP contribution in [0.5, 0.6) is 0 Å². The lowest BCUT2D eigenvalue weighted by atomic mass is 10.1. The van der Waals surface area contributed by atoms with E-state index in [2.05, 4.69) is 20.2 Å². The van der Waals surface area contributed by atoms with Crippen LogP contribution in [0.25, 0.3) is 11.4 Å². The third-order valence-electron chi connectivity index (χ3n) is 3.95. The summed E-state index contributed by atoms with van der Waals surface area (Å²) in [6.45, 7) is 2.00.